The van der Waals surface area contributed by atoms with Crippen molar-refractivity contribution in [2.24, 2.45) is 7.05 Å². The monoisotopic (exact) mass is 393 g/mol. The van der Waals surface area contributed by atoms with Crippen molar-refractivity contribution in [2.45, 2.75) is 19.5 Å². The minimum atomic E-state index is -3.24. The van der Waals surface area contributed by atoms with Crippen LogP contribution in [-0.2, 0) is 7.05 Å². The molecule has 0 saturated carbocycles. The Hall–Kier alpha value is -3.30. The van der Waals surface area contributed by atoms with Crippen LogP contribution in [0.15, 0.2) is 29.2 Å². The van der Waals surface area contributed by atoms with E-state index in [-0.39, 0.29) is 5.69 Å². The van der Waals surface area contributed by atoms with Crippen molar-refractivity contribution >= 4 is 22.5 Å². The van der Waals surface area contributed by atoms with E-state index in [2.05, 4.69) is 10.1 Å². The number of H-pyrrole nitrogens is 1. The average molecular weight is 393 g/mol. The molecular formula is C18H18F3N5O2. The summed E-state index contributed by atoms with van der Waals surface area (Å²) < 4.78 is 39.2. The minimum Gasteiger partial charge on any atom is -0.397 e. The lowest BCUT2D eigenvalue weighted by Gasteiger charge is -2.13. The summed E-state index contributed by atoms with van der Waals surface area (Å²) in [4.78, 5) is 27.3. The van der Waals surface area contributed by atoms with E-state index in [1.165, 1.54) is 0 Å². The van der Waals surface area contributed by atoms with Crippen molar-refractivity contribution in [3.8, 4) is 11.1 Å². The lowest BCUT2D eigenvalue weighted by atomic mass is 10.0. The van der Waals surface area contributed by atoms with Crippen molar-refractivity contribution in [2.75, 3.05) is 12.3 Å². The van der Waals surface area contributed by atoms with Crippen LogP contribution in [0.4, 0.5) is 18.9 Å². The van der Waals surface area contributed by atoms with Gasteiger partial charge in [-0.15, -0.1) is 0 Å². The van der Waals surface area contributed by atoms with Crippen LogP contribution < -0.4 is 16.6 Å². The van der Waals surface area contributed by atoms with Crippen molar-refractivity contribution in [3.05, 3.63) is 46.0 Å². The van der Waals surface area contributed by atoms with Crippen molar-refractivity contribution < 1.29 is 18.0 Å². The minimum absolute atomic E-state index is 0.118. The van der Waals surface area contributed by atoms with E-state index >= 15 is 0 Å². The van der Waals surface area contributed by atoms with Gasteiger partial charge < -0.3 is 16.0 Å². The molecule has 10 heteroatoms. The third-order valence-electron chi connectivity index (χ3n) is 4.35. The van der Waals surface area contributed by atoms with E-state index in [1.54, 1.807) is 36.1 Å². The highest BCUT2D eigenvalue weighted by molar-refractivity contribution is 6.09. The zero-order chi connectivity index (χ0) is 20.6. The van der Waals surface area contributed by atoms with Gasteiger partial charge >= 0.3 is 0 Å². The Labute approximate surface area is 157 Å². The van der Waals surface area contributed by atoms with E-state index in [9.17, 15) is 22.8 Å². The summed E-state index contributed by atoms with van der Waals surface area (Å²) in [5.41, 5.74) is 7.25. The number of carbonyl (C=O) groups excluding carboxylic acids is 1. The number of aromatic nitrogens is 3. The highest BCUT2D eigenvalue weighted by Crippen LogP contribution is 2.31. The Morgan fingerprint density at radius 1 is 1.32 bits per heavy atom. The molecule has 0 saturated heterocycles. The molecule has 0 bridgehead atoms. The standard InChI is InChI=1S/C18H18F3N5O2/c1-8-11(7-26(2)25-8)9-4-3-5-10-14(22)13(18(28)24-15(9)10)17(27)23-6-12(19)16(20)21/h3-5,7,12,16H,6H2,1-2H3,(H,23,27)(H3,22,24,28). The molecule has 2 aromatic heterocycles. The molecule has 0 fully saturated rings. The predicted octanol–water partition coefficient (Wildman–Crippen LogP) is 2.15. The van der Waals surface area contributed by atoms with Gasteiger partial charge in [0.15, 0.2) is 6.17 Å². The Balaban J connectivity index is 2.08. The molecule has 1 unspecified atom stereocenters. The zero-order valence-electron chi connectivity index (χ0n) is 15.1. The number of nitrogen functional groups attached to an aromatic ring is 1. The lowest BCUT2D eigenvalue weighted by molar-refractivity contribution is 0.0488. The number of hydrogen-bond donors (Lipinski definition) is 3. The van der Waals surface area contributed by atoms with Crippen molar-refractivity contribution in [1.29, 1.82) is 0 Å². The molecule has 148 valence electrons. The van der Waals surface area contributed by atoms with E-state index in [4.69, 9.17) is 5.73 Å². The summed E-state index contributed by atoms with van der Waals surface area (Å²) in [7, 11) is 1.76. The Bertz CT molecular complexity index is 1110. The van der Waals surface area contributed by atoms with E-state index in [0.717, 1.165) is 11.3 Å². The Kier molecular flexibility index (Phi) is 5.12. The number of hydrogen-bond acceptors (Lipinski definition) is 4. The number of nitrogens with zero attached hydrogens (tertiary/aromatic N) is 2. The number of alkyl halides is 3. The summed E-state index contributed by atoms with van der Waals surface area (Å²) in [6.45, 7) is 0.885. The number of fused-ring (bicyclic) bond motifs is 1. The number of carbonyl (C=O) groups is 1. The number of benzene rings is 1. The van der Waals surface area contributed by atoms with E-state index in [0.29, 0.717) is 16.5 Å². The van der Waals surface area contributed by atoms with Gasteiger partial charge in [-0.3, -0.25) is 14.3 Å². The van der Waals surface area contributed by atoms with E-state index in [1.807, 2.05) is 12.2 Å². The summed E-state index contributed by atoms with van der Waals surface area (Å²) >= 11 is 0. The number of halogens is 3. The van der Waals surface area contributed by atoms with Crippen LogP contribution in [0, 0.1) is 6.92 Å². The molecule has 4 N–H and O–H groups in total. The molecule has 0 aliphatic rings. The maximum absolute atomic E-state index is 13.0. The molecular weight excluding hydrogens is 375 g/mol. The van der Waals surface area contributed by atoms with Gasteiger partial charge in [0.05, 0.1) is 23.4 Å². The van der Waals surface area contributed by atoms with Crippen molar-refractivity contribution in [1.82, 2.24) is 20.1 Å². The highest BCUT2D eigenvalue weighted by atomic mass is 19.3. The fourth-order valence-electron chi connectivity index (χ4n) is 3.03. The first-order chi connectivity index (χ1) is 13.2. The van der Waals surface area contributed by atoms with Crippen LogP contribution in [0.25, 0.3) is 22.0 Å². The summed E-state index contributed by atoms with van der Waals surface area (Å²) in [6, 6.07) is 5.09. The second kappa shape index (κ2) is 7.37. The third kappa shape index (κ3) is 3.45. The molecule has 0 radical (unpaired) electrons. The summed E-state index contributed by atoms with van der Waals surface area (Å²) in [5, 5.41) is 6.65. The molecule has 1 atom stereocenters. The first-order valence-electron chi connectivity index (χ1n) is 8.36. The largest absolute Gasteiger partial charge is 0.397 e. The molecule has 1 amide bonds. The zero-order valence-corrected chi connectivity index (χ0v) is 15.1. The highest BCUT2D eigenvalue weighted by Gasteiger charge is 2.23. The Morgan fingerprint density at radius 3 is 2.64 bits per heavy atom. The van der Waals surface area contributed by atoms with Crippen LogP contribution in [0.2, 0.25) is 0 Å². The van der Waals surface area contributed by atoms with Gasteiger partial charge in [-0.2, -0.15) is 5.10 Å². The van der Waals surface area contributed by atoms with Crippen LogP contribution in [0.5, 0.6) is 0 Å². The lowest BCUT2D eigenvalue weighted by Crippen LogP contribution is -2.36. The second-order valence-corrected chi connectivity index (χ2v) is 6.33. The van der Waals surface area contributed by atoms with Gasteiger partial charge in [0.1, 0.15) is 5.56 Å². The number of amides is 1. The van der Waals surface area contributed by atoms with Crippen LogP contribution in [0.3, 0.4) is 0 Å². The fourth-order valence-corrected chi connectivity index (χ4v) is 3.03. The topological polar surface area (TPSA) is 106 Å². The maximum Gasteiger partial charge on any atom is 0.271 e. The van der Waals surface area contributed by atoms with Crippen molar-refractivity contribution in [3.63, 3.8) is 0 Å². The van der Waals surface area contributed by atoms with Gasteiger partial charge in [-0.25, -0.2) is 13.2 Å². The maximum atomic E-state index is 13.0. The molecule has 7 nitrogen and oxygen atoms in total. The molecule has 1 aromatic carbocycles. The van der Waals surface area contributed by atoms with Gasteiger partial charge in [0, 0.05) is 29.8 Å². The summed E-state index contributed by atoms with van der Waals surface area (Å²) in [6.07, 6.45) is -3.99. The molecule has 3 rings (SSSR count). The average Bonchev–Trinajstić information content (AvgIpc) is 2.97. The Morgan fingerprint density at radius 2 is 2.04 bits per heavy atom. The molecule has 3 aromatic rings. The first-order valence-corrected chi connectivity index (χ1v) is 8.36. The number of anilines is 1. The van der Waals surface area contributed by atoms with Gasteiger partial charge in [0.2, 0.25) is 0 Å². The van der Waals surface area contributed by atoms with Gasteiger partial charge in [-0.1, -0.05) is 18.2 Å². The molecule has 2 heterocycles. The normalized spacial score (nSPS) is 12.5. The number of pyridine rings is 1. The van der Waals surface area contributed by atoms with Gasteiger partial charge in [-0.05, 0) is 6.92 Å². The fraction of sp³-hybridized carbons (Fsp3) is 0.278. The number of aromatic amines is 1. The van der Waals surface area contributed by atoms with Crippen LogP contribution in [-0.4, -0.2) is 39.8 Å². The number of aryl methyl sites for hydroxylation is 2. The third-order valence-corrected chi connectivity index (χ3v) is 4.35. The van der Waals surface area contributed by atoms with Crippen LogP contribution in [0.1, 0.15) is 16.1 Å². The second-order valence-electron chi connectivity index (χ2n) is 6.33. The molecule has 28 heavy (non-hydrogen) atoms. The predicted molar refractivity (Wildman–Crippen MR) is 99.2 cm³/mol. The van der Waals surface area contributed by atoms with Crippen LogP contribution >= 0.6 is 0 Å². The quantitative estimate of drug-likeness (QED) is 0.618. The number of nitrogens with one attached hydrogen (secondary N) is 2. The SMILES string of the molecule is Cc1nn(C)cc1-c1cccc2c(N)c(C(=O)NCC(F)C(F)F)c(=O)[nH]c12. The first kappa shape index (κ1) is 19.5. The number of rotatable bonds is 5. The molecule has 0 aliphatic heterocycles. The van der Waals surface area contributed by atoms with Gasteiger partial charge in [0.25, 0.3) is 17.9 Å². The number of nitrogens with two attached hydrogens (primary N) is 1. The van der Waals surface area contributed by atoms with E-state index < -0.39 is 36.2 Å². The molecule has 0 aliphatic carbocycles. The number of para-hydroxylation sites is 1. The smallest absolute Gasteiger partial charge is 0.271 e. The molecule has 0 spiro atoms. The summed E-state index contributed by atoms with van der Waals surface area (Å²) in [5.74, 6) is -1.02.